The number of hydrogen-bond acceptors (Lipinski definition) is 7. The molecule has 0 aliphatic heterocycles. The summed E-state index contributed by atoms with van der Waals surface area (Å²) in [6.07, 6.45) is -0.847. The third kappa shape index (κ3) is 7.84. The van der Waals surface area contributed by atoms with Gasteiger partial charge in [-0.25, -0.2) is 9.59 Å². The highest BCUT2D eigenvalue weighted by Gasteiger charge is 2.36. The molecule has 4 N–H and O–H groups in total. The fourth-order valence-electron chi connectivity index (χ4n) is 2.64. The Morgan fingerprint density at radius 2 is 1.60 bits per heavy atom. The molecule has 0 aliphatic rings. The number of esters is 1. The molecule has 0 heterocycles. The van der Waals surface area contributed by atoms with Crippen LogP contribution in [0.3, 0.4) is 0 Å². The second-order valence-corrected chi connectivity index (χ2v) is 8.27. The van der Waals surface area contributed by atoms with Crippen LogP contribution < -0.4 is 16.2 Å². The molecule has 1 rings (SSSR count). The van der Waals surface area contributed by atoms with E-state index in [1.165, 1.54) is 4.90 Å². The van der Waals surface area contributed by atoms with Gasteiger partial charge < -0.3 is 30.6 Å². The van der Waals surface area contributed by atoms with E-state index in [0.29, 0.717) is 25.4 Å². The Morgan fingerprint density at radius 3 is 2.07 bits per heavy atom. The monoisotopic (exact) mass is 423 g/mol. The van der Waals surface area contributed by atoms with E-state index in [0.717, 1.165) is 12.0 Å². The Morgan fingerprint density at radius 1 is 1.00 bits per heavy atom. The number of nitrogens with zero attached hydrogens (tertiary/aromatic N) is 1. The Balaban J connectivity index is 2.81. The molecule has 8 heteroatoms. The third-order valence-electron chi connectivity index (χ3n) is 4.43. The van der Waals surface area contributed by atoms with Gasteiger partial charge in [-0.15, -0.1) is 0 Å². The fourth-order valence-corrected chi connectivity index (χ4v) is 2.64. The summed E-state index contributed by atoms with van der Waals surface area (Å²) in [5.74, 6) is -0.337. The van der Waals surface area contributed by atoms with E-state index in [4.69, 9.17) is 25.7 Å². The molecule has 0 aliphatic carbocycles. The molecule has 0 fully saturated rings. The summed E-state index contributed by atoms with van der Waals surface area (Å²) in [6, 6.07) is 7.28. The van der Waals surface area contributed by atoms with Crippen LogP contribution in [0.4, 0.5) is 4.79 Å². The topological polar surface area (TPSA) is 117 Å². The molecule has 170 valence electrons. The van der Waals surface area contributed by atoms with E-state index < -0.39 is 24.0 Å². The first-order valence-corrected chi connectivity index (χ1v) is 10.4. The number of rotatable bonds is 11. The fraction of sp³-hybridized carbons (Fsp3) is 0.636. The third-order valence-corrected chi connectivity index (χ3v) is 4.43. The van der Waals surface area contributed by atoms with Crippen LogP contribution in [-0.2, 0) is 20.7 Å². The largest absolute Gasteiger partial charge is 0.476 e. The van der Waals surface area contributed by atoms with Crippen molar-refractivity contribution in [1.29, 1.82) is 0 Å². The normalized spacial score (nSPS) is 12.6. The van der Waals surface area contributed by atoms with Gasteiger partial charge in [-0.1, -0.05) is 26.0 Å². The van der Waals surface area contributed by atoms with Gasteiger partial charge in [0.15, 0.2) is 5.60 Å². The van der Waals surface area contributed by atoms with Crippen molar-refractivity contribution < 1.29 is 23.8 Å². The van der Waals surface area contributed by atoms with E-state index in [-0.39, 0.29) is 12.0 Å². The van der Waals surface area contributed by atoms with E-state index in [1.54, 1.807) is 39.8 Å². The lowest BCUT2D eigenvalue weighted by Gasteiger charge is -2.31. The van der Waals surface area contributed by atoms with Crippen molar-refractivity contribution in [2.24, 2.45) is 17.4 Å². The molecular weight excluding hydrogens is 386 g/mol. The average molecular weight is 424 g/mol. The molecule has 1 aromatic carbocycles. The van der Waals surface area contributed by atoms with Crippen molar-refractivity contribution in [3.05, 3.63) is 29.8 Å². The van der Waals surface area contributed by atoms with E-state index in [1.807, 2.05) is 26.0 Å². The zero-order valence-electron chi connectivity index (χ0n) is 19.0. The van der Waals surface area contributed by atoms with Gasteiger partial charge in [0.1, 0.15) is 5.75 Å². The Hall–Kier alpha value is -2.32. The lowest BCUT2D eigenvalue weighted by atomic mass is 10.1. The van der Waals surface area contributed by atoms with E-state index in [9.17, 15) is 9.59 Å². The molecule has 0 spiro atoms. The number of hydrogen-bond donors (Lipinski definition) is 2. The van der Waals surface area contributed by atoms with Crippen LogP contribution in [0, 0.1) is 5.92 Å². The molecule has 30 heavy (non-hydrogen) atoms. The van der Waals surface area contributed by atoms with Crippen molar-refractivity contribution >= 4 is 12.1 Å². The molecule has 1 amide bonds. The summed E-state index contributed by atoms with van der Waals surface area (Å²) in [4.78, 5) is 26.8. The summed E-state index contributed by atoms with van der Waals surface area (Å²) < 4.78 is 16.8. The van der Waals surface area contributed by atoms with Crippen molar-refractivity contribution in [1.82, 2.24) is 4.90 Å². The maximum Gasteiger partial charge on any atom is 0.413 e. The number of amides is 1. The first-order valence-electron chi connectivity index (χ1n) is 10.4. The van der Waals surface area contributed by atoms with Crippen LogP contribution in [0.15, 0.2) is 24.3 Å². The van der Waals surface area contributed by atoms with Gasteiger partial charge in [0.25, 0.3) is 6.29 Å². The first kappa shape index (κ1) is 25.7. The quantitative estimate of drug-likeness (QED) is 0.415. The SMILES string of the molecule is CC(C)C(OC(=O)N(CCN)C(C)C)OC(=O)C(C)(C)Oc1ccc(CCN)cc1. The van der Waals surface area contributed by atoms with Gasteiger partial charge in [0, 0.05) is 25.0 Å². The number of ether oxygens (including phenoxy) is 3. The van der Waals surface area contributed by atoms with Crippen molar-refractivity contribution in [3.8, 4) is 5.75 Å². The summed E-state index contributed by atoms with van der Waals surface area (Å²) >= 11 is 0. The smallest absolute Gasteiger partial charge is 0.413 e. The zero-order valence-corrected chi connectivity index (χ0v) is 19.0. The molecule has 0 saturated heterocycles. The predicted molar refractivity (Wildman–Crippen MR) is 116 cm³/mol. The van der Waals surface area contributed by atoms with Crippen LogP contribution in [-0.4, -0.2) is 54.5 Å². The second kappa shape index (κ2) is 11.8. The van der Waals surface area contributed by atoms with Gasteiger partial charge in [-0.3, -0.25) is 0 Å². The molecule has 0 aromatic heterocycles. The Labute approximate surface area is 179 Å². The number of carbonyl (C=O) groups excluding carboxylic acids is 2. The summed E-state index contributed by atoms with van der Waals surface area (Å²) in [7, 11) is 0. The molecule has 1 aromatic rings. The molecular formula is C22H37N3O5. The van der Waals surface area contributed by atoms with Gasteiger partial charge in [-0.05, 0) is 58.4 Å². The van der Waals surface area contributed by atoms with Gasteiger partial charge in [0.2, 0.25) is 0 Å². The number of carbonyl (C=O) groups is 2. The Bertz CT molecular complexity index is 674. The van der Waals surface area contributed by atoms with Crippen LogP contribution in [0.25, 0.3) is 0 Å². The average Bonchev–Trinajstić information content (AvgIpc) is 2.66. The molecule has 0 bridgehead atoms. The van der Waals surface area contributed by atoms with Crippen LogP contribution in [0.5, 0.6) is 5.75 Å². The lowest BCUT2D eigenvalue weighted by Crippen LogP contribution is -2.46. The van der Waals surface area contributed by atoms with Crippen molar-refractivity contribution in [2.75, 3.05) is 19.6 Å². The second-order valence-electron chi connectivity index (χ2n) is 8.27. The van der Waals surface area contributed by atoms with Crippen molar-refractivity contribution in [3.63, 3.8) is 0 Å². The van der Waals surface area contributed by atoms with E-state index in [2.05, 4.69) is 0 Å². The Kier molecular flexibility index (Phi) is 10.1. The maximum absolute atomic E-state index is 12.8. The minimum Gasteiger partial charge on any atom is -0.476 e. The predicted octanol–water partition coefficient (Wildman–Crippen LogP) is 2.68. The van der Waals surface area contributed by atoms with Gasteiger partial charge >= 0.3 is 12.1 Å². The lowest BCUT2D eigenvalue weighted by molar-refractivity contribution is -0.191. The molecule has 0 radical (unpaired) electrons. The van der Waals surface area contributed by atoms with Gasteiger partial charge in [-0.2, -0.15) is 0 Å². The molecule has 0 saturated carbocycles. The maximum atomic E-state index is 12.8. The minimum atomic E-state index is -1.27. The summed E-state index contributed by atoms with van der Waals surface area (Å²) in [5.41, 5.74) is 10.9. The minimum absolute atomic E-state index is 0.0911. The van der Waals surface area contributed by atoms with Crippen LogP contribution in [0.1, 0.15) is 47.1 Å². The first-order chi connectivity index (χ1) is 14.0. The number of nitrogens with two attached hydrogens (primary N) is 2. The van der Waals surface area contributed by atoms with Crippen LogP contribution >= 0.6 is 0 Å². The van der Waals surface area contributed by atoms with Crippen LogP contribution in [0.2, 0.25) is 0 Å². The highest BCUT2D eigenvalue weighted by Crippen LogP contribution is 2.22. The van der Waals surface area contributed by atoms with E-state index >= 15 is 0 Å². The molecule has 8 nitrogen and oxygen atoms in total. The highest BCUT2D eigenvalue weighted by atomic mass is 16.7. The summed E-state index contributed by atoms with van der Waals surface area (Å²) in [5, 5.41) is 0. The number of benzene rings is 1. The molecule has 1 unspecified atom stereocenters. The van der Waals surface area contributed by atoms with Gasteiger partial charge in [0.05, 0.1) is 0 Å². The summed E-state index contributed by atoms with van der Waals surface area (Å²) in [6.45, 7) is 11.8. The zero-order chi connectivity index (χ0) is 22.9. The molecule has 1 atom stereocenters. The highest BCUT2D eigenvalue weighted by molar-refractivity contribution is 5.79. The van der Waals surface area contributed by atoms with Crippen molar-refractivity contribution in [2.45, 2.75) is 65.9 Å². The standard InChI is InChI=1S/C22H37N3O5/c1-15(2)19(29-21(27)25(14-13-24)16(3)4)28-20(26)22(5,6)30-18-9-7-17(8-10-18)11-12-23/h7-10,15-16,19H,11-14,23-24H2,1-6H3.